The molecule has 1 aliphatic rings. The molecule has 1 aromatic heterocycles. The lowest BCUT2D eigenvalue weighted by molar-refractivity contribution is -0.00185. The van der Waals surface area contributed by atoms with Crippen LogP contribution in [0.5, 0.6) is 0 Å². The van der Waals surface area contributed by atoms with E-state index in [4.69, 9.17) is 11.6 Å². The van der Waals surface area contributed by atoms with Crippen LogP contribution in [-0.2, 0) is 17.1 Å². The van der Waals surface area contributed by atoms with Crippen molar-refractivity contribution in [1.82, 2.24) is 14.5 Å². The Labute approximate surface area is 124 Å². The van der Waals surface area contributed by atoms with Gasteiger partial charge in [0.25, 0.3) is 10.0 Å². The molecule has 1 heterocycles. The smallest absolute Gasteiger partial charge is 0.259 e. The van der Waals surface area contributed by atoms with Crippen molar-refractivity contribution in [1.29, 1.82) is 0 Å². The van der Waals surface area contributed by atoms with Gasteiger partial charge in [0.15, 0.2) is 5.03 Å². The average Bonchev–Trinajstić information content (AvgIpc) is 2.72. The molecule has 0 aromatic carbocycles. The molecule has 1 aliphatic carbocycles. The molecule has 0 spiro atoms. The predicted octanol–water partition coefficient (Wildman–Crippen LogP) is 1.29. The molecule has 1 saturated carbocycles. The van der Waals surface area contributed by atoms with E-state index in [1.807, 2.05) is 0 Å². The second-order valence-corrected chi connectivity index (χ2v) is 7.74. The summed E-state index contributed by atoms with van der Waals surface area (Å²) in [5, 5.41) is 14.2. The lowest BCUT2D eigenvalue weighted by Gasteiger charge is -2.34. The lowest BCUT2D eigenvalue weighted by atomic mass is 9.80. The first-order valence-corrected chi connectivity index (χ1v) is 8.49. The summed E-state index contributed by atoms with van der Waals surface area (Å²) in [4.78, 5) is 0. The number of aliphatic hydroxyl groups is 1. The zero-order valence-electron chi connectivity index (χ0n) is 11.6. The Morgan fingerprint density at radius 1 is 1.55 bits per heavy atom. The largest absolute Gasteiger partial charge is 0.389 e. The van der Waals surface area contributed by atoms with Gasteiger partial charge in [-0.3, -0.25) is 4.68 Å². The van der Waals surface area contributed by atoms with Crippen LogP contribution in [0.4, 0.5) is 0 Å². The predicted molar refractivity (Wildman–Crippen MR) is 76.0 cm³/mol. The molecule has 0 bridgehead atoms. The molecule has 0 atom stereocenters. The summed E-state index contributed by atoms with van der Waals surface area (Å²) in [5.41, 5.74) is -0.968. The number of sulfonamides is 1. The molecule has 0 amide bonds. The molecule has 2 rings (SSSR count). The summed E-state index contributed by atoms with van der Waals surface area (Å²) < 4.78 is 28.1. The normalized spacial score (nSPS) is 27.7. The molecule has 2 N–H and O–H groups in total. The van der Waals surface area contributed by atoms with Crippen molar-refractivity contribution < 1.29 is 13.5 Å². The van der Waals surface area contributed by atoms with Gasteiger partial charge < -0.3 is 5.11 Å². The number of rotatable bonds is 4. The van der Waals surface area contributed by atoms with E-state index < -0.39 is 15.6 Å². The minimum atomic E-state index is -3.77. The number of hydrogen-bond acceptors (Lipinski definition) is 4. The number of nitrogens with zero attached hydrogens (tertiary/aromatic N) is 2. The molecular weight excluding hydrogens is 302 g/mol. The zero-order valence-corrected chi connectivity index (χ0v) is 13.2. The Morgan fingerprint density at radius 3 is 2.65 bits per heavy atom. The van der Waals surface area contributed by atoms with Gasteiger partial charge in [0.2, 0.25) is 0 Å². The molecule has 0 radical (unpaired) electrons. The van der Waals surface area contributed by atoms with Gasteiger partial charge >= 0.3 is 0 Å². The Hall–Kier alpha value is -0.630. The first kappa shape index (κ1) is 15.8. The number of hydrogen-bond donors (Lipinski definition) is 2. The Kier molecular flexibility index (Phi) is 4.44. The monoisotopic (exact) mass is 321 g/mol. The number of halogens is 1. The summed E-state index contributed by atoms with van der Waals surface area (Å²) in [6, 6.07) is 0. The fourth-order valence-corrected chi connectivity index (χ4v) is 4.25. The average molecular weight is 322 g/mol. The van der Waals surface area contributed by atoms with Crippen molar-refractivity contribution in [2.45, 2.75) is 43.2 Å². The van der Waals surface area contributed by atoms with Crippen LogP contribution in [-0.4, -0.2) is 35.5 Å². The van der Waals surface area contributed by atoms with Gasteiger partial charge in [-0.2, -0.15) is 5.10 Å². The van der Waals surface area contributed by atoms with Crippen molar-refractivity contribution in [3.8, 4) is 0 Å². The second-order valence-electron chi connectivity index (χ2n) is 5.65. The molecule has 1 fully saturated rings. The van der Waals surface area contributed by atoms with Crippen molar-refractivity contribution in [2.24, 2.45) is 13.0 Å². The van der Waals surface area contributed by atoms with Crippen LogP contribution in [0.25, 0.3) is 0 Å². The summed E-state index contributed by atoms with van der Waals surface area (Å²) in [7, 11) is -2.26. The van der Waals surface area contributed by atoms with E-state index in [1.54, 1.807) is 0 Å². The van der Waals surface area contributed by atoms with E-state index in [2.05, 4.69) is 16.7 Å². The van der Waals surface area contributed by atoms with Crippen LogP contribution in [0.3, 0.4) is 0 Å². The van der Waals surface area contributed by atoms with E-state index in [9.17, 15) is 13.5 Å². The van der Waals surface area contributed by atoms with E-state index in [1.165, 1.54) is 17.9 Å². The highest BCUT2D eigenvalue weighted by atomic mass is 35.5. The summed E-state index contributed by atoms with van der Waals surface area (Å²) in [6.45, 7) is 2.14. The quantitative estimate of drug-likeness (QED) is 0.875. The van der Waals surface area contributed by atoms with Gasteiger partial charge in [0, 0.05) is 13.6 Å². The fraction of sp³-hybridized carbons (Fsp3) is 0.750. The maximum Gasteiger partial charge on any atom is 0.259 e. The van der Waals surface area contributed by atoms with Crippen molar-refractivity contribution in [2.75, 3.05) is 6.54 Å². The van der Waals surface area contributed by atoms with Gasteiger partial charge in [-0.1, -0.05) is 18.5 Å². The molecule has 8 heteroatoms. The van der Waals surface area contributed by atoms with Crippen LogP contribution in [0.2, 0.25) is 5.02 Å². The molecular formula is C12H20ClN3O3S. The number of aryl methyl sites for hydroxylation is 1. The van der Waals surface area contributed by atoms with Gasteiger partial charge in [-0.05, 0) is 31.6 Å². The first-order chi connectivity index (χ1) is 9.23. The lowest BCUT2D eigenvalue weighted by Crippen LogP contribution is -2.45. The fourth-order valence-electron chi connectivity index (χ4n) is 2.48. The molecule has 0 aliphatic heterocycles. The summed E-state index contributed by atoms with van der Waals surface area (Å²) >= 11 is 5.84. The van der Waals surface area contributed by atoms with Gasteiger partial charge in [0.1, 0.15) is 0 Å². The minimum Gasteiger partial charge on any atom is -0.389 e. The van der Waals surface area contributed by atoms with E-state index >= 15 is 0 Å². The topological polar surface area (TPSA) is 84.2 Å². The Morgan fingerprint density at radius 2 is 2.15 bits per heavy atom. The third kappa shape index (κ3) is 3.33. The second kappa shape index (κ2) is 5.63. The third-order valence-electron chi connectivity index (χ3n) is 3.89. The van der Waals surface area contributed by atoms with Crippen LogP contribution in [0, 0.1) is 5.92 Å². The first-order valence-electron chi connectivity index (χ1n) is 6.63. The SMILES string of the molecule is CC1CCC(O)(CNS(=O)(=O)c2c(Cl)cnn2C)CC1. The van der Waals surface area contributed by atoms with Crippen molar-refractivity contribution in [3.63, 3.8) is 0 Å². The van der Waals surface area contributed by atoms with Crippen molar-refractivity contribution >= 4 is 21.6 Å². The van der Waals surface area contributed by atoms with Gasteiger partial charge in [0.05, 0.1) is 16.8 Å². The Bertz CT molecular complexity index is 557. The third-order valence-corrected chi connectivity index (χ3v) is 5.80. The number of nitrogens with one attached hydrogen (secondary N) is 1. The molecule has 20 heavy (non-hydrogen) atoms. The van der Waals surface area contributed by atoms with E-state index in [0.29, 0.717) is 18.8 Å². The molecule has 0 saturated heterocycles. The van der Waals surface area contributed by atoms with Crippen LogP contribution >= 0.6 is 11.6 Å². The van der Waals surface area contributed by atoms with Gasteiger partial charge in [-0.25, -0.2) is 13.1 Å². The molecule has 6 nitrogen and oxygen atoms in total. The van der Waals surface area contributed by atoms with Crippen molar-refractivity contribution in [3.05, 3.63) is 11.2 Å². The minimum absolute atomic E-state index is 0.00353. The highest BCUT2D eigenvalue weighted by Crippen LogP contribution is 2.31. The molecule has 1 aromatic rings. The van der Waals surface area contributed by atoms with E-state index in [0.717, 1.165) is 12.8 Å². The highest BCUT2D eigenvalue weighted by molar-refractivity contribution is 7.89. The zero-order chi connectivity index (χ0) is 15.0. The van der Waals surface area contributed by atoms with Crippen LogP contribution in [0.15, 0.2) is 11.2 Å². The standard InChI is InChI=1S/C12H20ClN3O3S/c1-9-3-5-12(17,6-4-9)8-15-20(18,19)11-10(13)7-14-16(11)2/h7,9,15,17H,3-6,8H2,1-2H3. The maximum absolute atomic E-state index is 12.2. The maximum atomic E-state index is 12.2. The summed E-state index contributed by atoms with van der Waals surface area (Å²) in [6.07, 6.45) is 4.31. The molecule has 0 unspecified atom stereocenters. The molecule has 114 valence electrons. The summed E-state index contributed by atoms with van der Waals surface area (Å²) in [5.74, 6) is 0.582. The highest BCUT2D eigenvalue weighted by Gasteiger charge is 2.34. The van der Waals surface area contributed by atoms with Gasteiger partial charge in [-0.15, -0.1) is 0 Å². The number of aromatic nitrogens is 2. The van der Waals surface area contributed by atoms with Crippen LogP contribution in [0.1, 0.15) is 32.6 Å². The van der Waals surface area contributed by atoms with Crippen LogP contribution < -0.4 is 4.72 Å². The van der Waals surface area contributed by atoms with E-state index in [-0.39, 0.29) is 16.6 Å². The Balaban J connectivity index is 2.07.